The van der Waals surface area contributed by atoms with Crippen molar-refractivity contribution in [1.29, 1.82) is 0 Å². The van der Waals surface area contributed by atoms with Crippen molar-refractivity contribution < 1.29 is 18.7 Å². The monoisotopic (exact) mass is 302 g/mol. The summed E-state index contributed by atoms with van der Waals surface area (Å²) in [5.74, 6) is 0.898. The first-order valence-corrected chi connectivity index (χ1v) is 6.78. The average molecular weight is 302 g/mol. The van der Waals surface area contributed by atoms with E-state index in [2.05, 4.69) is 5.32 Å². The van der Waals surface area contributed by atoms with E-state index in [9.17, 15) is 9.18 Å². The van der Waals surface area contributed by atoms with Gasteiger partial charge in [-0.05, 0) is 29.8 Å². The lowest BCUT2D eigenvalue weighted by molar-refractivity contribution is 0.174. The first-order chi connectivity index (χ1) is 10.6. The number of halogens is 1. The van der Waals surface area contributed by atoms with Crippen LogP contribution in [0.4, 0.5) is 14.9 Å². The summed E-state index contributed by atoms with van der Waals surface area (Å²) in [7, 11) is 1.64. The van der Waals surface area contributed by atoms with E-state index in [4.69, 9.17) is 9.47 Å². The Kier molecular flexibility index (Phi) is 3.82. The predicted molar refractivity (Wildman–Crippen MR) is 79.5 cm³/mol. The fraction of sp³-hybridized carbons (Fsp3) is 0.188. The number of anilines is 1. The highest BCUT2D eigenvalue weighted by molar-refractivity contribution is 5.89. The van der Waals surface area contributed by atoms with Crippen molar-refractivity contribution in [3.63, 3.8) is 0 Å². The molecule has 1 heterocycles. The molecule has 2 amide bonds. The molecule has 0 spiro atoms. The van der Waals surface area contributed by atoms with Crippen LogP contribution in [0.15, 0.2) is 42.5 Å². The highest BCUT2D eigenvalue weighted by Gasteiger charge is 2.16. The molecule has 1 aliphatic rings. The van der Waals surface area contributed by atoms with Crippen LogP contribution in [0.2, 0.25) is 0 Å². The Bertz CT molecular complexity index is 706. The Morgan fingerprint density at radius 1 is 1.23 bits per heavy atom. The van der Waals surface area contributed by atoms with Gasteiger partial charge in [-0.25, -0.2) is 9.18 Å². The molecule has 0 aliphatic carbocycles. The molecular formula is C16H15FN2O3. The molecule has 114 valence electrons. The van der Waals surface area contributed by atoms with Crippen molar-refractivity contribution in [2.24, 2.45) is 0 Å². The fourth-order valence-electron chi connectivity index (χ4n) is 2.16. The molecule has 0 fully saturated rings. The van der Waals surface area contributed by atoms with Gasteiger partial charge < -0.3 is 19.7 Å². The average Bonchev–Trinajstić information content (AvgIpc) is 2.97. The van der Waals surface area contributed by atoms with Gasteiger partial charge >= 0.3 is 6.03 Å². The number of hydrogen-bond donors (Lipinski definition) is 1. The van der Waals surface area contributed by atoms with Gasteiger partial charge in [0.2, 0.25) is 6.79 Å². The van der Waals surface area contributed by atoms with Crippen LogP contribution >= 0.6 is 0 Å². The maximum atomic E-state index is 13.5. The first kappa shape index (κ1) is 14.2. The maximum Gasteiger partial charge on any atom is 0.321 e. The molecule has 22 heavy (non-hydrogen) atoms. The minimum Gasteiger partial charge on any atom is -0.454 e. The number of para-hydroxylation sites is 1. The second kappa shape index (κ2) is 5.93. The van der Waals surface area contributed by atoms with E-state index >= 15 is 0 Å². The number of hydrogen-bond acceptors (Lipinski definition) is 3. The molecule has 2 aromatic carbocycles. The van der Waals surface area contributed by atoms with Crippen molar-refractivity contribution in [1.82, 2.24) is 4.90 Å². The molecule has 0 atom stereocenters. The quantitative estimate of drug-likeness (QED) is 0.947. The number of benzene rings is 2. The van der Waals surface area contributed by atoms with E-state index in [1.807, 2.05) is 12.1 Å². The van der Waals surface area contributed by atoms with Gasteiger partial charge in [0.25, 0.3) is 0 Å². The van der Waals surface area contributed by atoms with Gasteiger partial charge in [-0.2, -0.15) is 0 Å². The Hall–Kier alpha value is -2.76. The van der Waals surface area contributed by atoms with Gasteiger partial charge in [-0.3, -0.25) is 0 Å². The van der Waals surface area contributed by atoms with Crippen LogP contribution in [-0.2, 0) is 6.54 Å². The van der Waals surface area contributed by atoms with E-state index in [0.29, 0.717) is 18.0 Å². The highest BCUT2D eigenvalue weighted by atomic mass is 19.1. The molecule has 6 heteroatoms. The third kappa shape index (κ3) is 2.95. The summed E-state index contributed by atoms with van der Waals surface area (Å²) in [6.45, 7) is 0.583. The van der Waals surface area contributed by atoms with Crippen LogP contribution in [0.5, 0.6) is 11.5 Å². The Labute approximate surface area is 127 Å². The van der Waals surface area contributed by atoms with Gasteiger partial charge in [-0.15, -0.1) is 0 Å². The first-order valence-electron chi connectivity index (χ1n) is 6.78. The zero-order valence-corrected chi connectivity index (χ0v) is 12.0. The van der Waals surface area contributed by atoms with E-state index in [1.165, 1.54) is 17.0 Å². The van der Waals surface area contributed by atoms with Crippen molar-refractivity contribution in [3.05, 3.63) is 53.8 Å². The molecule has 5 nitrogen and oxygen atoms in total. The maximum absolute atomic E-state index is 13.5. The van der Waals surface area contributed by atoms with Crippen LogP contribution in [0.1, 0.15) is 5.56 Å². The summed E-state index contributed by atoms with van der Waals surface area (Å²) in [6.07, 6.45) is 0. The number of amides is 2. The largest absolute Gasteiger partial charge is 0.454 e. The summed E-state index contributed by atoms with van der Waals surface area (Å²) in [6, 6.07) is 11.2. The zero-order chi connectivity index (χ0) is 15.5. The second-order valence-electron chi connectivity index (χ2n) is 4.95. The summed E-state index contributed by atoms with van der Waals surface area (Å²) in [5, 5.41) is 2.54. The summed E-state index contributed by atoms with van der Waals surface area (Å²) >= 11 is 0. The lowest BCUT2D eigenvalue weighted by atomic mass is 10.2. The lowest BCUT2D eigenvalue weighted by Gasteiger charge is -2.18. The van der Waals surface area contributed by atoms with Crippen molar-refractivity contribution >= 4 is 11.7 Å². The smallest absolute Gasteiger partial charge is 0.321 e. The zero-order valence-electron chi connectivity index (χ0n) is 12.0. The normalized spacial score (nSPS) is 12.1. The molecule has 0 unspecified atom stereocenters. The summed E-state index contributed by atoms with van der Waals surface area (Å²) < 4.78 is 24.1. The van der Waals surface area contributed by atoms with Crippen molar-refractivity contribution in [2.45, 2.75) is 6.54 Å². The Morgan fingerprint density at radius 3 is 2.82 bits per heavy atom. The number of nitrogens with one attached hydrogen (secondary N) is 1. The predicted octanol–water partition coefficient (Wildman–Crippen LogP) is 3.22. The molecular weight excluding hydrogens is 287 g/mol. The number of carbonyl (C=O) groups is 1. The molecule has 0 saturated carbocycles. The molecule has 2 aromatic rings. The lowest BCUT2D eigenvalue weighted by Crippen LogP contribution is -2.31. The van der Waals surface area contributed by atoms with Crippen LogP contribution < -0.4 is 14.8 Å². The van der Waals surface area contributed by atoms with E-state index in [0.717, 1.165) is 5.56 Å². The van der Waals surface area contributed by atoms with Crippen LogP contribution in [0.25, 0.3) is 0 Å². The highest BCUT2D eigenvalue weighted by Crippen LogP contribution is 2.32. The molecule has 1 aliphatic heterocycles. The topological polar surface area (TPSA) is 50.8 Å². The molecule has 3 rings (SSSR count). The Morgan fingerprint density at radius 2 is 2.00 bits per heavy atom. The van der Waals surface area contributed by atoms with Crippen molar-refractivity contribution in [2.75, 3.05) is 19.2 Å². The molecule has 1 N–H and O–H groups in total. The summed E-state index contributed by atoms with van der Waals surface area (Å²) in [5.41, 5.74) is 1.06. The van der Waals surface area contributed by atoms with E-state index in [1.54, 1.807) is 25.2 Å². The number of ether oxygens (including phenoxy) is 2. The number of carbonyl (C=O) groups excluding carboxylic acids is 1. The van der Waals surface area contributed by atoms with Crippen molar-refractivity contribution in [3.8, 4) is 11.5 Å². The SMILES string of the molecule is CN(Cc1ccc2c(c1)OCO2)C(=O)Nc1ccccc1F. The van der Waals surface area contributed by atoms with Gasteiger partial charge in [0, 0.05) is 13.6 Å². The second-order valence-corrected chi connectivity index (χ2v) is 4.95. The fourth-order valence-corrected chi connectivity index (χ4v) is 2.16. The molecule has 0 radical (unpaired) electrons. The standard InChI is InChI=1S/C16H15FN2O3/c1-19(16(20)18-13-5-3-2-4-12(13)17)9-11-6-7-14-15(8-11)22-10-21-14/h2-8H,9-10H2,1H3,(H,18,20). The minimum atomic E-state index is -0.465. The van der Waals surface area contributed by atoms with Gasteiger partial charge in [0.1, 0.15) is 5.82 Å². The number of urea groups is 1. The van der Waals surface area contributed by atoms with Crippen LogP contribution in [-0.4, -0.2) is 24.8 Å². The minimum absolute atomic E-state index is 0.157. The molecule has 0 bridgehead atoms. The van der Waals surface area contributed by atoms with Crippen LogP contribution in [0.3, 0.4) is 0 Å². The van der Waals surface area contributed by atoms with E-state index in [-0.39, 0.29) is 18.5 Å². The van der Waals surface area contributed by atoms with Crippen LogP contribution in [0, 0.1) is 5.82 Å². The third-order valence-electron chi connectivity index (χ3n) is 3.32. The summed E-state index contributed by atoms with van der Waals surface area (Å²) in [4.78, 5) is 13.6. The Balaban J connectivity index is 1.65. The number of fused-ring (bicyclic) bond motifs is 1. The van der Waals surface area contributed by atoms with E-state index < -0.39 is 5.82 Å². The van der Waals surface area contributed by atoms with Gasteiger partial charge in [-0.1, -0.05) is 18.2 Å². The molecule has 0 saturated heterocycles. The third-order valence-corrected chi connectivity index (χ3v) is 3.32. The number of nitrogens with zero attached hydrogens (tertiary/aromatic N) is 1. The molecule has 0 aromatic heterocycles. The van der Waals surface area contributed by atoms with Gasteiger partial charge in [0.05, 0.1) is 5.69 Å². The number of rotatable bonds is 3. The van der Waals surface area contributed by atoms with Gasteiger partial charge in [0.15, 0.2) is 11.5 Å².